The van der Waals surface area contributed by atoms with Gasteiger partial charge in [0.25, 0.3) is 5.91 Å². The molecule has 1 N–H and O–H groups in total. The molecule has 0 saturated carbocycles. The third-order valence-electron chi connectivity index (χ3n) is 5.06. The standard InChI is InChI=1S/C19H28N2O5S/c1-14(2)20(3)27(25,26)17-8-4-7-16(12-17)19(24)21-11-5-6-15(13-21)9-10-18(22)23/h4,7-8,12,14-15H,5-6,9-11,13H2,1-3H3,(H,22,23). The van der Waals surface area contributed by atoms with Gasteiger partial charge in [-0.1, -0.05) is 6.07 Å². The van der Waals surface area contributed by atoms with E-state index in [1.165, 1.54) is 23.5 Å². The first kappa shape index (κ1) is 21.4. The van der Waals surface area contributed by atoms with Gasteiger partial charge in [-0.2, -0.15) is 4.31 Å². The van der Waals surface area contributed by atoms with Gasteiger partial charge in [-0.05, 0) is 57.2 Å². The van der Waals surface area contributed by atoms with Gasteiger partial charge in [0.2, 0.25) is 10.0 Å². The number of rotatable bonds is 7. The number of likely N-dealkylation sites (tertiary alicyclic amines) is 1. The van der Waals surface area contributed by atoms with Gasteiger partial charge in [0.15, 0.2) is 0 Å². The molecule has 0 radical (unpaired) electrons. The van der Waals surface area contributed by atoms with E-state index in [0.717, 1.165) is 12.8 Å². The number of carbonyl (C=O) groups excluding carboxylic acids is 1. The molecular weight excluding hydrogens is 368 g/mol. The molecule has 0 bridgehead atoms. The van der Waals surface area contributed by atoms with Crippen molar-refractivity contribution in [1.29, 1.82) is 0 Å². The smallest absolute Gasteiger partial charge is 0.303 e. The van der Waals surface area contributed by atoms with Gasteiger partial charge in [-0.25, -0.2) is 8.42 Å². The predicted molar refractivity (Wildman–Crippen MR) is 102 cm³/mol. The first-order valence-corrected chi connectivity index (χ1v) is 10.7. The number of amides is 1. The fraction of sp³-hybridized carbons (Fsp3) is 0.579. The molecule has 1 unspecified atom stereocenters. The van der Waals surface area contributed by atoms with E-state index in [4.69, 9.17) is 5.11 Å². The van der Waals surface area contributed by atoms with Crippen LogP contribution in [0.4, 0.5) is 0 Å². The molecule has 0 aromatic heterocycles. The quantitative estimate of drug-likeness (QED) is 0.764. The summed E-state index contributed by atoms with van der Waals surface area (Å²) in [5, 5.41) is 8.85. The number of carboxylic acids is 1. The maximum absolute atomic E-state index is 12.9. The summed E-state index contributed by atoms with van der Waals surface area (Å²) in [4.78, 5) is 25.4. The Morgan fingerprint density at radius 2 is 2.04 bits per heavy atom. The van der Waals surface area contributed by atoms with Crippen LogP contribution >= 0.6 is 0 Å². The summed E-state index contributed by atoms with van der Waals surface area (Å²) in [5.74, 6) is -0.873. The average molecular weight is 397 g/mol. The largest absolute Gasteiger partial charge is 0.481 e. The number of hydrogen-bond acceptors (Lipinski definition) is 4. The maximum atomic E-state index is 12.9. The number of carboxylic acid groups (broad SMARTS) is 1. The first-order valence-electron chi connectivity index (χ1n) is 9.22. The number of piperidine rings is 1. The average Bonchev–Trinajstić information content (AvgIpc) is 2.65. The summed E-state index contributed by atoms with van der Waals surface area (Å²) < 4.78 is 26.6. The third kappa shape index (κ3) is 5.29. The van der Waals surface area contributed by atoms with Crippen molar-refractivity contribution in [3.63, 3.8) is 0 Å². The summed E-state index contributed by atoms with van der Waals surface area (Å²) in [6.07, 6.45) is 2.38. The zero-order valence-corrected chi connectivity index (χ0v) is 16.9. The van der Waals surface area contributed by atoms with E-state index in [1.54, 1.807) is 30.9 Å². The minimum Gasteiger partial charge on any atom is -0.481 e. The van der Waals surface area contributed by atoms with Crippen LogP contribution in [0.1, 0.15) is 49.9 Å². The van der Waals surface area contributed by atoms with Gasteiger partial charge >= 0.3 is 5.97 Å². The highest BCUT2D eigenvalue weighted by Gasteiger charge is 2.27. The van der Waals surface area contributed by atoms with E-state index < -0.39 is 16.0 Å². The van der Waals surface area contributed by atoms with Gasteiger partial charge in [0.1, 0.15) is 0 Å². The highest BCUT2D eigenvalue weighted by molar-refractivity contribution is 7.89. The van der Waals surface area contributed by atoms with Gasteiger partial charge in [-0.15, -0.1) is 0 Å². The van der Waals surface area contributed by atoms with Gasteiger partial charge < -0.3 is 10.0 Å². The van der Waals surface area contributed by atoms with Crippen molar-refractivity contribution >= 4 is 21.9 Å². The summed E-state index contributed by atoms with van der Waals surface area (Å²) >= 11 is 0. The number of carbonyl (C=O) groups is 2. The zero-order chi connectivity index (χ0) is 20.2. The van der Waals surface area contributed by atoms with E-state index >= 15 is 0 Å². The molecule has 1 fully saturated rings. The summed E-state index contributed by atoms with van der Waals surface area (Å²) in [6.45, 7) is 4.69. The normalized spacial score (nSPS) is 18.1. The SMILES string of the molecule is CC(C)N(C)S(=O)(=O)c1cccc(C(=O)N2CCCC(CCC(=O)O)C2)c1. The summed E-state index contributed by atoms with van der Waals surface area (Å²) in [6, 6.07) is 5.94. The molecule has 1 aliphatic rings. The third-order valence-corrected chi connectivity index (χ3v) is 7.09. The Bertz CT molecular complexity index is 791. The van der Waals surface area contributed by atoms with Crippen molar-refractivity contribution in [1.82, 2.24) is 9.21 Å². The van der Waals surface area contributed by atoms with Crippen LogP contribution in [0, 0.1) is 5.92 Å². The van der Waals surface area contributed by atoms with Crippen molar-refractivity contribution < 1.29 is 23.1 Å². The second kappa shape index (κ2) is 8.84. The number of sulfonamides is 1. The lowest BCUT2D eigenvalue weighted by Gasteiger charge is -2.32. The molecule has 1 aromatic carbocycles. The van der Waals surface area contributed by atoms with Crippen molar-refractivity contribution in [3.8, 4) is 0 Å². The highest BCUT2D eigenvalue weighted by atomic mass is 32.2. The van der Waals surface area contributed by atoms with Crippen LogP contribution in [0.3, 0.4) is 0 Å². The Morgan fingerprint density at radius 1 is 1.33 bits per heavy atom. The molecule has 2 rings (SSSR count). The molecule has 1 heterocycles. The summed E-state index contributed by atoms with van der Waals surface area (Å²) in [5.41, 5.74) is 0.340. The van der Waals surface area contributed by atoms with Crippen molar-refractivity contribution in [2.75, 3.05) is 20.1 Å². The van der Waals surface area contributed by atoms with Gasteiger partial charge in [-0.3, -0.25) is 9.59 Å². The van der Waals surface area contributed by atoms with Gasteiger partial charge in [0.05, 0.1) is 4.90 Å². The topological polar surface area (TPSA) is 95.0 Å². The molecule has 8 heteroatoms. The Kier molecular flexibility index (Phi) is 7.00. The number of aliphatic carboxylic acids is 1. The molecule has 1 aliphatic heterocycles. The van der Waals surface area contributed by atoms with Crippen LogP contribution in [-0.2, 0) is 14.8 Å². The fourth-order valence-corrected chi connectivity index (χ4v) is 4.64. The van der Waals surface area contributed by atoms with Crippen molar-refractivity contribution in [2.24, 2.45) is 5.92 Å². The minimum atomic E-state index is -3.66. The maximum Gasteiger partial charge on any atom is 0.303 e. The molecule has 7 nitrogen and oxygen atoms in total. The molecule has 150 valence electrons. The Balaban J connectivity index is 2.16. The van der Waals surface area contributed by atoms with Crippen molar-refractivity contribution in [2.45, 2.75) is 50.5 Å². The lowest BCUT2D eigenvalue weighted by Crippen LogP contribution is -2.40. The van der Waals surface area contributed by atoms with Crippen molar-refractivity contribution in [3.05, 3.63) is 29.8 Å². The van der Waals surface area contributed by atoms with E-state index in [1.807, 2.05) is 0 Å². The van der Waals surface area contributed by atoms with E-state index in [9.17, 15) is 18.0 Å². The first-order chi connectivity index (χ1) is 12.6. The summed E-state index contributed by atoms with van der Waals surface area (Å²) in [7, 11) is -2.14. The highest BCUT2D eigenvalue weighted by Crippen LogP contribution is 2.24. The molecule has 0 aliphatic carbocycles. The van der Waals surface area contributed by atoms with Crippen LogP contribution in [0.2, 0.25) is 0 Å². The van der Waals surface area contributed by atoms with E-state index in [2.05, 4.69) is 0 Å². The van der Waals surface area contributed by atoms with Crippen LogP contribution in [0.5, 0.6) is 0 Å². The number of benzene rings is 1. The Hall–Kier alpha value is -1.93. The Morgan fingerprint density at radius 3 is 2.67 bits per heavy atom. The molecule has 0 spiro atoms. The van der Waals surface area contributed by atoms with Gasteiger partial charge in [0, 0.05) is 38.2 Å². The lowest BCUT2D eigenvalue weighted by molar-refractivity contribution is -0.137. The molecule has 27 heavy (non-hydrogen) atoms. The number of nitrogens with zero attached hydrogens (tertiary/aromatic N) is 2. The molecule has 1 amide bonds. The zero-order valence-electron chi connectivity index (χ0n) is 16.1. The Labute approximate surface area is 161 Å². The minimum absolute atomic E-state index is 0.0992. The molecule has 1 aromatic rings. The lowest BCUT2D eigenvalue weighted by atomic mass is 9.93. The second-order valence-corrected chi connectivity index (χ2v) is 9.33. The van der Waals surface area contributed by atoms with Crippen LogP contribution < -0.4 is 0 Å². The monoisotopic (exact) mass is 396 g/mol. The molecular formula is C19H28N2O5S. The molecule has 1 saturated heterocycles. The number of hydrogen-bond donors (Lipinski definition) is 1. The fourth-order valence-electron chi connectivity index (χ4n) is 3.23. The van der Waals surface area contributed by atoms with E-state index in [-0.39, 0.29) is 29.2 Å². The van der Waals surface area contributed by atoms with Crippen LogP contribution in [0.25, 0.3) is 0 Å². The van der Waals surface area contributed by atoms with Crippen LogP contribution in [-0.4, -0.2) is 60.8 Å². The molecule has 1 atom stereocenters. The predicted octanol–water partition coefficient (Wildman–Crippen LogP) is 2.43. The second-order valence-electron chi connectivity index (χ2n) is 7.33. The van der Waals surface area contributed by atoms with E-state index in [0.29, 0.717) is 25.1 Å². The van der Waals surface area contributed by atoms with Crippen LogP contribution in [0.15, 0.2) is 29.2 Å².